The number of aryl methyl sites for hydroxylation is 2. The van der Waals surface area contributed by atoms with Gasteiger partial charge in [0.15, 0.2) is 17.1 Å². The molecule has 1 amide bonds. The van der Waals surface area contributed by atoms with Gasteiger partial charge in [0, 0.05) is 11.4 Å². The van der Waals surface area contributed by atoms with Gasteiger partial charge in [-0.3, -0.25) is 9.36 Å². The number of anilines is 1. The Morgan fingerprint density at radius 3 is 2.80 bits per heavy atom. The van der Waals surface area contributed by atoms with E-state index in [1.54, 1.807) is 25.1 Å². The Morgan fingerprint density at radius 2 is 2.09 bits per heavy atom. The number of allylic oxidation sites excluding steroid dienone is 1. The van der Waals surface area contributed by atoms with Gasteiger partial charge in [-0.05, 0) is 51.5 Å². The van der Waals surface area contributed by atoms with E-state index in [-0.39, 0.29) is 18.3 Å². The minimum Gasteiger partial charge on any atom is -0.481 e. The Labute approximate surface area is 217 Å². The van der Waals surface area contributed by atoms with Crippen LogP contribution in [0.3, 0.4) is 0 Å². The first-order chi connectivity index (χ1) is 16.7. The molecule has 8 nitrogen and oxygen atoms in total. The van der Waals surface area contributed by atoms with E-state index < -0.39 is 12.1 Å². The second-order valence-corrected chi connectivity index (χ2v) is 10.2. The fourth-order valence-corrected chi connectivity index (χ4v) is 5.05. The maximum absolute atomic E-state index is 12.7. The molecule has 0 saturated carbocycles. The average Bonchev–Trinajstić information content (AvgIpc) is 3.38. The highest BCUT2D eigenvalue weighted by molar-refractivity contribution is 7.99. The molecule has 3 aromatic rings. The number of ether oxygens (including phenoxy) is 2. The fourth-order valence-electron chi connectivity index (χ4n) is 3.21. The SMILES string of the molecule is C=CCn1c(SCC(=O)Nc2sc(C)cc2C(=O)OCC)nnc1C(C)Oc1cc(C)ccc1Cl. The van der Waals surface area contributed by atoms with Gasteiger partial charge in [-0.15, -0.1) is 28.1 Å². The fraction of sp³-hybridized carbons (Fsp3) is 0.333. The summed E-state index contributed by atoms with van der Waals surface area (Å²) in [5.41, 5.74) is 1.38. The zero-order valence-corrected chi connectivity index (χ0v) is 22.4. The maximum atomic E-state index is 12.7. The molecular weight excluding hydrogens is 508 g/mol. The molecule has 1 N–H and O–H groups in total. The summed E-state index contributed by atoms with van der Waals surface area (Å²) >= 11 is 8.83. The molecule has 0 spiro atoms. The van der Waals surface area contributed by atoms with Gasteiger partial charge in [-0.2, -0.15) is 0 Å². The van der Waals surface area contributed by atoms with Crippen LogP contribution in [0.15, 0.2) is 42.1 Å². The minimum atomic E-state index is -0.460. The lowest BCUT2D eigenvalue weighted by molar-refractivity contribution is -0.113. The molecule has 35 heavy (non-hydrogen) atoms. The second kappa shape index (κ2) is 12.2. The predicted molar refractivity (Wildman–Crippen MR) is 140 cm³/mol. The molecule has 3 rings (SSSR count). The van der Waals surface area contributed by atoms with Crippen LogP contribution in [0.5, 0.6) is 5.75 Å². The molecule has 0 aliphatic heterocycles. The van der Waals surface area contributed by atoms with Crippen LogP contribution in [0.25, 0.3) is 0 Å². The van der Waals surface area contributed by atoms with Crippen LogP contribution in [0.2, 0.25) is 5.02 Å². The first kappa shape index (κ1) is 26.8. The Bertz CT molecular complexity index is 1220. The summed E-state index contributed by atoms with van der Waals surface area (Å²) in [6.45, 7) is 11.9. The number of nitrogens with one attached hydrogen (secondary N) is 1. The largest absolute Gasteiger partial charge is 0.481 e. The first-order valence-electron chi connectivity index (χ1n) is 10.9. The molecule has 1 aromatic carbocycles. The molecule has 0 bridgehead atoms. The number of amides is 1. The highest BCUT2D eigenvalue weighted by Gasteiger charge is 2.22. The normalized spacial score (nSPS) is 11.7. The van der Waals surface area contributed by atoms with Gasteiger partial charge >= 0.3 is 5.97 Å². The van der Waals surface area contributed by atoms with E-state index in [0.29, 0.717) is 38.9 Å². The third-order valence-corrected chi connectivity index (χ3v) is 6.99. The van der Waals surface area contributed by atoms with Crippen molar-refractivity contribution in [3.05, 3.63) is 63.8 Å². The zero-order chi connectivity index (χ0) is 25.5. The molecule has 2 aromatic heterocycles. The number of thiophene rings is 1. The number of carbonyl (C=O) groups is 2. The average molecular weight is 535 g/mol. The lowest BCUT2D eigenvalue weighted by Crippen LogP contribution is -2.17. The van der Waals surface area contributed by atoms with Gasteiger partial charge in [-0.1, -0.05) is 35.5 Å². The molecule has 0 aliphatic rings. The summed E-state index contributed by atoms with van der Waals surface area (Å²) in [6, 6.07) is 7.27. The van der Waals surface area contributed by atoms with Gasteiger partial charge in [0.25, 0.3) is 0 Å². The van der Waals surface area contributed by atoms with Crippen LogP contribution >= 0.6 is 34.7 Å². The van der Waals surface area contributed by atoms with E-state index in [1.807, 2.05) is 37.5 Å². The molecular formula is C24H27ClN4O4S2. The van der Waals surface area contributed by atoms with Crippen LogP contribution in [0, 0.1) is 13.8 Å². The maximum Gasteiger partial charge on any atom is 0.341 e. The Morgan fingerprint density at radius 1 is 1.31 bits per heavy atom. The summed E-state index contributed by atoms with van der Waals surface area (Å²) in [5.74, 6) is 0.493. The molecule has 1 atom stereocenters. The summed E-state index contributed by atoms with van der Waals surface area (Å²) in [5, 5.41) is 12.9. The highest BCUT2D eigenvalue weighted by atomic mass is 35.5. The number of rotatable bonds is 11. The lowest BCUT2D eigenvalue weighted by Gasteiger charge is -2.17. The standard InChI is InChI=1S/C24H27ClN4O4S2/c1-6-10-29-21(16(5)33-19-11-14(3)8-9-18(19)25)27-28-24(29)34-13-20(30)26-22-17(12-15(4)35-22)23(31)32-7-2/h6,8-9,11-12,16H,1,7,10,13H2,2-5H3,(H,26,30). The zero-order valence-electron chi connectivity index (χ0n) is 20.0. The second-order valence-electron chi connectivity index (χ2n) is 7.59. The quantitative estimate of drug-likeness (QED) is 0.187. The third kappa shape index (κ3) is 6.87. The molecule has 2 heterocycles. The van der Waals surface area contributed by atoms with Crippen molar-refractivity contribution >= 4 is 51.6 Å². The van der Waals surface area contributed by atoms with Crippen LogP contribution in [-0.4, -0.2) is 39.0 Å². The Kier molecular flexibility index (Phi) is 9.36. The van der Waals surface area contributed by atoms with Gasteiger partial charge in [-0.25, -0.2) is 4.79 Å². The van der Waals surface area contributed by atoms with Crippen molar-refractivity contribution in [3.8, 4) is 5.75 Å². The summed E-state index contributed by atoms with van der Waals surface area (Å²) in [4.78, 5) is 25.7. The van der Waals surface area contributed by atoms with E-state index in [2.05, 4.69) is 22.1 Å². The molecule has 0 saturated heterocycles. The van der Waals surface area contributed by atoms with Crippen molar-refractivity contribution in [2.45, 2.75) is 45.5 Å². The summed E-state index contributed by atoms with van der Waals surface area (Å²) in [6.07, 6.45) is 1.29. The number of nitrogens with zero attached hydrogens (tertiary/aromatic N) is 3. The van der Waals surface area contributed by atoms with Crippen molar-refractivity contribution in [2.24, 2.45) is 0 Å². The molecule has 186 valence electrons. The number of aromatic nitrogens is 3. The summed E-state index contributed by atoms with van der Waals surface area (Å²) in [7, 11) is 0. The van der Waals surface area contributed by atoms with E-state index in [0.717, 1.165) is 10.4 Å². The number of carbonyl (C=O) groups excluding carboxylic acids is 2. The molecule has 1 unspecified atom stereocenters. The lowest BCUT2D eigenvalue weighted by atomic mass is 10.2. The summed E-state index contributed by atoms with van der Waals surface area (Å²) < 4.78 is 13.0. The van der Waals surface area contributed by atoms with Gasteiger partial charge in [0.05, 0.1) is 22.9 Å². The van der Waals surface area contributed by atoms with Crippen molar-refractivity contribution in [3.63, 3.8) is 0 Å². The van der Waals surface area contributed by atoms with Crippen LogP contribution in [-0.2, 0) is 16.1 Å². The van der Waals surface area contributed by atoms with Crippen LogP contribution < -0.4 is 10.1 Å². The number of thioether (sulfide) groups is 1. The van der Waals surface area contributed by atoms with Crippen molar-refractivity contribution in [1.82, 2.24) is 14.8 Å². The number of esters is 1. The van der Waals surface area contributed by atoms with Crippen molar-refractivity contribution < 1.29 is 19.1 Å². The Hall–Kier alpha value is -2.82. The van der Waals surface area contributed by atoms with E-state index in [4.69, 9.17) is 21.1 Å². The third-order valence-electron chi connectivity index (χ3n) is 4.75. The molecule has 0 fully saturated rings. The first-order valence-corrected chi connectivity index (χ1v) is 13.1. The molecule has 0 radical (unpaired) electrons. The highest BCUT2D eigenvalue weighted by Crippen LogP contribution is 2.31. The van der Waals surface area contributed by atoms with Crippen molar-refractivity contribution in [2.75, 3.05) is 17.7 Å². The van der Waals surface area contributed by atoms with Crippen LogP contribution in [0.4, 0.5) is 5.00 Å². The van der Waals surface area contributed by atoms with Crippen LogP contribution in [0.1, 0.15) is 46.6 Å². The number of benzene rings is 1. The monoisotopic (exact) mass is 534 g/mol. The predicted octanol–water partition coefficient (Wildman–Crippen LogP) is 5.84. The molecule has 11 heteroatoms. The minimum absolute atomic E-state index is 0.0768. The van der Waals surface area contributed by atoms with Gasteiger partial charge in [0.2, 0.25) is 5.91 Å². The molecule has 0 aliphatic carbocycles. The number of halogens is 1. The van der Waals surface area contributed by atoms with Gasteiger partial charge < -0.3 is 14.8 Å². The van der Waals surface area contributed by atoms with Gasteiger partial charge in [0.1, 0.15) is 10.8 Å². The van der Waals surface area contributed by atoms with E-state index in [9.17, 15) is 9.59 Å². The van der Waals surface area contributed by atoms with E-state index >= 15 is 0 Å². The topological polar surface area (TPSA) is 95.3 Å². The Balaban J connectivity index is 1.70. The number of hydrogen-bond donors (Lipinski definition) is 1. The van der Waals surface area contributed by atoms with Crippen molar-refractivity contribution in [1.29, 1.82) is 0 Å². The smallest absolute Gasteiger partial charge is 0.341 e. The number of hydrogen-bond acceptors (Lipinski definition) is 8. The van der Waals surface area contributed by atoms with E-state index in [1.165, 1.54) is 23.1 Å².